The Morgan fingerprint density at radius 2 is 1.86 bits per heavy atom. The van der Waals surface area contributed by atoms with Crippen molar-refractivity contribution >= 4 is 50.5 Å². The van der Waals surface area contributed by atoms with Gasteiger partial charge in [0.25, 0.3) is 0 Å². The van der Waals surface area contributed by atoms with Gasteiger partial charge in [0.1, 0.15) is 12.1 Å². The number of amides is 2. The zero-order valence-electron chi connectivity index (χ0n) is 27.8. The standard InChI is InChI=1S/C33H43N7O7S2/c1-23(2)18-40(19-29(41)28(15-24-7-5-4-6-8-24)36-33(43)46-21-25-17-34-22-48-25)49(44,45)26-9-10-27-30(16-26)47-32(35-27)37-31(42)20-39-13-11-38(3)12-14-39/h4-10,16-17,22-23,28-29,41H,11-15,18-21H2,1-3H3,(H,36,43)(H,35,37,42). The summed E-state index contributed by atoms with van der Waals surface area (Å²) in [5, 5.41) is 16.9. The van der Waals surface area contributed by atoms with Gasteiger partial charge in [0, 0.05) is 51.5 Å². The molecule has 0 aliphatic carbocycles. The number of hydrogen-bond donors (Lipinski definition) is 3. The number of thiazole rings is 1. The van der Waals surface area contributed by atoms with Crippen molar-refractivity contribution in [1.29, 1.82) is 0 Å². The highest BCUT2D eigenvalue weighted by Gasteiger charge is 2.32. The molecule has 1 aliphatic heterocycles. The molecule has 2 aromatic heterocycles. The first kappa shape index (κ1) is 36.4. The number of rotatable bonds is 15. The predicted octanol–water partition coefficient (Wildman–Crippen LogP) is 3.02. The van der Waals surface area contributed by atoms with E-state index < -0.39 is 28.3 Å². The summed E-state index contributed by atoms with van der Waals surface area (Å²) in [7, 11) is -2.12. The van der Waals surface area contributed by atoms with Crippen LogP contribution in [-0.2, 0) is 32.6 Å². The summed E-state index contributed by atoms with van der Waals surface area (Å²) in [5.74, 6) is -0.352. The molecule has 0 radical (unpaired) electrons. The Kier molecular flexibility index (Phi) is 12.4. The van der Waals surface area contributed by atoms with Gasteiger partial charge in [0.05, 0.1) is 34.0 Å². The molecule has 5 rings (SSSR count). The Bertz CT molecular complexity index is 1780. The van der Waals surface area contributed by atoms with Crippen LogP contribution in [0.3, 0.4) is 0 Å². The Balaban J connectivity index is 1.30. The van der Waals surface area contributed by atoms with Crippen molar-refractivity contribution in [2.45, 2.75) is 43.9 Å². The zero-order chi connectivity index (χ0) is 35.0. The molecular weight excluding hydrogens is 671 g/mol. The maximum absolute atomic E-state index is 14.1. The van der Waals surface area contributed by atoms with Gasteiger partial charge in [-0.25, -0.2) is 13.2 Å². The molecule has 2 aromatic carbocycles. The van der Waals surface area contributed by atoms with Gasteiger partial charge in [-0.05, 0) is 37.1 Å². The number of nitrogens with one attached hydrogen (secondary N) is 2. The molecule has 49 heavy (non-hydrogen) atoms. The second kappa shape index (κ2) is 16.7. The normalized spacial score (nSPS) is 15.8. The van der Waals surface area contributed by atoms with Crippen LogP contribution in [0.5, 0.6) is 0 Å². The molecule has 0 saturated carbocycles. The smallest absolute Gasteiger partial charge is 0.407 e. The Labute approximate surface area is 290 Å². The number of hydrogen-bond acceptors (Lipinski definition) is 12. The van der Waals surface area contributed by atoms with Crippen LogP contribution in [0.15, 0.2) is 69.6 Å². The number of benzene rings is 2. The zero-order valence-corrected chi connectivity index (χ0v) is 29.5. The van der Waals surface area contributed by atoms with Crippen molar-refractivity contribution in [1.82, 2.24) is 29.4 Å². The lowest BCUT2D eigenvalue weighted by molar-refractivity contribution is -0.117. The summed E-state index contributed by atoms with van der Waals surface area (Å²) in [4.78, 5) is 38.7. The fourth-order valence-corrected chi connectivity index (χ4v) is 7.59. The molecule has 0 bridgehead atoms. The third kappa shape index (κ3) is 10.3. The second-order valence-corrected chi connectivity index (χ2v) is 15.5. The van der Waals surface area contributed by atoms with Crippen molar-refractivity contribution in [2.75, 3.05) is 58.2 Å². The number of nitrogens with zero attached hydrogens (tertiary/aromatic N) is 5. The molecule has 2 amide bonds. The van der Waals surface area contributed by atoms with E-state index in [2.05, 4.69) is 25.5 Å². The highest BCUT2D eigenvalue weighted by atomic mass is 32.2. The number of aromatic nitrogens is 2. The average Bonchev–Trinajstić information content (AvgIpc) is 3.74. The summed E-state index contributed by atoms with van der Waals surface area (Å²) in [6.45, 7) is 7.09. The predicted molar refractivity (Wildman–Crippen MR) is 186 cm³/mol. The first-order valence-electron chi connectivity index (χ1n) is 16.1. The van der Waals surface area contributed by atoms with Crippen LogP contribution in [0.4, 0.5) is 10.8 Å². The number of sulfonamides is 1. The van der Waals surface area contributed by atoms with Crippen LogP contribution >= 0.6 is 11.3 Å². The van der Waals surface area contributed by atoms with Crippen LogP contribution in [-0.4, -0.2) is 115 Å². The van der Waals surface area contributed by atoms with Crippen molar-refractivity contribution in [3.05, 3.63) is 70.7 Å². The fourth-order valence-electron chi connectivity index (χ4n) is 5.44. The molecule has 16 heteroatoms. The van der Waals surface area contributed by atoms with Crippen LogP contribution in [0, 0.1) is 5.92 Å². The van der Waals surface area contributed by atoms with Gasteiger partial charge in [-0.3, -0.25) is 20.0 Å². The Hall–Kier alpha value is -3.93. The molecule has 1 saturated heterocycles. The number of carbonyl (C=O) groups is 2. The molecule has 3 N–H and O–H groups in total. The number of anilines is 1. The number of alkyl carbamates (subject to hydrolysis) is 1. The quantitative estimate of drug-likeness (QED) is 0.166. The minimum absolute atomic E-state index is 0.0181. The number of oxazole rings is 1. The molecule has 1 aliphatic rings. The van der Waals surface area contributed by atoms with Gasteiger partial charge in [-0.2, -0.15) is 9.29 Å². The maximum Gasteiger partial charge on any atom is 0.407 e. The first-order valence-corrected chi connectivity index (χ1v) is 18.4. The Morgan fingerprint density at radius 1 is 1.10 bits per heavy atom. The minimum Gasteiger partial charge on any atom is -0.444 e. The summed E-state index contributed by atoms with van der Waals surface area (Å²) in [5.41, 5.74) is 3.05. The lowest BCUT2D eigenvalue weighted by Gasteiger charge is -2.31. The van der Waals surface area contributed by atoms with E-state index in [4.69, 9.17) is 9.15 Å². The minimum atomic E-state index is -4.16. The number of aliphatic hydroxyl groups excluding tert-OH is 1. The van der Waals surface area contributed by atoms with E-state index in [0.29, 0.717) is 5.52 Å². The third-order valence-corrected chi connectivity index (χ3v) is 10.6. The number of likely N-dealkylation sites (N-methyl/N-ethyl adjacent to an activating group) is 1. The summed E-state index contributed by atoms with van der Waals surface area (Å²) in [6, 6.07) is 12.7. The summed E-state index contributed by atoms with van der Waals surface area (Å²) < 4.78 is 40.5. The molecule has 4 aromatic rings. The van der Waals surface area contributed by atoms with Crippen molar-refractivity contribution in [2.24, 2.45) is 5.92 Å². The highest BCUT2D eigenvalue weighted by Crippen LogP contribution is 2.26. The largest absolute Gasteiger partial charge is 0.444 e. The maximum atomic E-state index is 14.1. The monoisotopic (exact) mass is 713 g/mol. The van der Waals surface area contributed by atoms with Crippen molar-refractivity contribution < 1.29 is 32.3 Å². The van der Waals surface area contributed by atoms with Crippen LogP contribution < -0.4 is 10.6 Å². The van der Waals surface area contributed by atoms with E-state index in [1.165, 1.54) is 33.8 Å². The van der Waals surface area contributed by atoms with Gasteiger partial charge in [-0.15, -0.1) is 11.3 Å². The molecule has 1 fully saturated rings. The lowest BCUT2D eigenvalue weighted by Crippen LogP contribution is -2.51. The van der Waals surface area contributed by atoms with E-state index in [1.54, 1.807) is 11.7 Å². The van der Waals surface area contributed by atoms with Crippen LogP contribution in [0.25, 0.3) is 11.1 Å². The highest BCUT2D eigenvalue weighted by molar-refractivity contribution is 7.89. The van der Waals surface area contributed by atoms with E-state index in [0.717, 1.165) is 36.6 Å². The number of carbonyl (C=O) groups excluding carboxylic acids is 2. The molecule has 2 unspecified atom stereocenters. The van der Waals surface area contributed by atoms with Gasteiger partial charge in [-0.1, -0.05) is 44.2 Å². The average molecular weight is 714 g/mol. The summed E-state index contributed by atoms with van der Waals surface area (Å²) >= 11 is 1.35. The van der Waals surface area contributed by atoms with E-state index >= 15 is 0 Å². The third-order valence-electron chi connectivity index (χ3n) is 8.06. The van der Waals surface area contributed by atoms with E-state index in [9.17, 15) is 23.1 Å². The number of aliphatic hydroxyl groups is 1. The molecular formula is C33H43N7O7S2. The number of fused-ring (bicyclic) bond motifs is 1. The van der Waals surface area contributed by atoms with E-state index in [1.807, 2.05) is 56.1 Å². The van der Waals surface area contributed by atoms with E-state index in [-0.39, 0.29) is 61.0 Å². The second-order valence-electron chi connectivity index (χ2n) is 12.5. The fraction of sp³-hybridized carbons (Fsp3) is 0.455. The molecule has 0 spiro atoms. The van der Waals surface area contributed by atoms with Crippen LogP contribution in [0.1, 0.15) is 24.3 Å². The van der Waals surface area contributed by atoms with Gasteiger partial charge in [0.2, 0.25) is 15.9 Å². The van der Waals surface area contributed by atoms with Crippen molar-refractivity contribution in [3.8, 4) is 0 Å². The van der Waals surface area contributed by atoms with Gasteiger partial charge in [0.15, 0.2) is 5.58 Å². The molecule has 14 nitrogen and oxygen atoms in total. The van der Waals surface area contributed by atoms with Crippen LogP contribution in [0.2, 0.25) is 0 Å². The molecule has 3 heterocycles. The Morgan fingerprint density at radius 3 is 2.55 bits per heavy atom. The number of piperazine rings is 1. The topological polar surface area (TPSA) is 170 Å². The SMILES string of the molecule is CC(C)CN(CC(O)C(Cc1ccccc1)NC(=O)OCc1cncs1)S(=O)(=O)c1ccc2nc(NC(=O)CN3CCN(C)CC3)oc2c1. The molecule has 2 atom stereocenters. The lowest BCUT2D eigenvalue weighted by atomic mass is 10.0. The van der Waals surface area contributed by atoms with Gasteiger partial charge < -0.3 is 24.5 Å². The molecule has 264 valence electrons. The van der Waals surface area contributed by atoms with Crippen molar-refractivity contribution in [3.63, 3.8) is 0 Å². The van der Waals surface area contributed by atoms with Gasteiger partial charge >= 0.3 is 12.1 Å². The summed E-state index contributed by atoms with van der Waals surface area (Å²) in [6.07, 6.45) is -0.193. The number of ether oxygens (including phenoxy) is 1. The first-order chi connectivity index (χ1) is 23.5.